The lowest BCUT2D eigenvalue weighted by atomic mass is 10.4. The maximum absolute atomic E-state index is 8.08. The minimum Gasteiger partial charge on any atom is -0.197 e. The molecule has 0 amide bonds. The van der Waals surface area contributed by atoms with E-state index in [1.165, 1.54) is 0 Å². The van der Waals surface area contributed by atoms with Crippen molar-refractivity contribution in [2.75, 3.05) is 0 Å². The van der Waals surface area contributed by atoms with Gasteiger partial charge in [-0.15, -0.1) is 0 Å². The van der Waals surface area contributed by atoms with Crippen LogP contribution >= 0.6 is 22.6 Å². The van der Waals surface area contributed by atoms with Crippen LogP contribution in [0.2, 0.25) is 0 Å². The third-order valence-corrected chi connectivity index (χ3v) is 1.66. The van der Waals surface area contributed by atoms with Crippen LogP contribution in [0.5, 0.6) is 0 Å². The lowest BCUT2D eigenvalue weighted by Crippen LogP contribution is -1.84. The highest BCUT2D eigenvalue weighted by molar-refractivity contribution is 14.1. The average molecular weight is 195 g/mol. The van der Waals surface area contributed by atoms with Crippen LogP contribution in [0.1, 0.15) is 13.3 Å². The number of rotatable bonds is 1. The van der Waals surface area contributed by atoms with Crippen molar-refractivity contribution in [2.24, 2.45) is 0 Å². The molecule has 0 aliphatic heterocycles. The highest BCUT2D eigenvalue weighted by atomic mass is 127. The van der Waals surface area contributed by atoms with E-state index in [0.29, 0.717) is 0 Å². The van der Waals surface area contributed by atoms with E-state index in [1.54, 1.807) is 0 Å². The van der Waals surface area contributed by atoms with Crippen LogP contribution in [-0.2, 0) is 0 Å². The van der Waals surface area contributed by atoms with Crippen LogP contribution in [0, 0.1) is 11.3 Å². The maximum Gasteiger partial charge on any atom is 0.0975 e. The summed E-state index contributed by atoms with van der Waals surface area (Å²) in [7, 11) is 0. The Kier molecular flexibility index (Phi) is 3.54. The van der Waals surface area contributed by atoms with Gasteiger partial charge in [-0.05, 0) is 6.42 Å². The van der Waals surface area contributed by atoms with E-state index in [0.717, 1.165) is 6.42 Å². The molecule has 0 aliphatic carbocycles. The zero-order valence-electron chi connectivity index (χ0n) is 3.61. The van der Waals surface area contributed by atoms with E-state index in [1.807, 2.05) is 6.92 Å². The quantitative estimate of drug-likeness (QED) is 0.461. The summed E-state index contributed by atoms with van der Waals surface area (Å²) in [5.74, 6) is 0. The molecule has 1 nitrogen and oxygen atoms in total. The third-order valence-electron chi connectivity index (χ3n) is 0.499. The molecule has 0 aromatic rings. The van der Waals surface area contributed by atoms with Gasteiger partial charge in [0.2, 0.25) is 0 Å². The molecular weight excluding hydrogens is 189 g/mol. The molecule has 0 heterocycles. The van der Waals surface area contributed by atoms with Gasteiger partial charge in [0, 0.05) is 0 Å². The third kappa shape index (κ3) is 2.46. The molecule has 0 N–H and O–H groups in total. The molecule has 1 atom stereocenters. The molecule has 0 aliphatic rings. The number of hydrogen-bond donors (Lipinski definition) is 0. The van der Waals surface area contributed by atoms with E-state index >= 15 is 0 Å². The van der Waals surface area contributed by atoms with Gasteiger partial charge in [-0.1, -0.05) is 29.5 Å². The number of alkyl halides is 1. The molecule has 2 heteroatoms. The van der Waals surface area contributed by atoms with Crippen molar-refractivity contribution < 1.29 is 0 Å². The summed E-state index contributed by atoms with van der Waals surface area (Å²) in [4.78, 5) is 0. The van der Waals surface area contributed by atoms with Crippen molar-refractivity contribution in [3.8, 4) is 6.07 Å². The Morgan fingerprint density at radius 1 is 2.00 bits per heavy atom. The Labute approximate surface area is 51.5 Å². The molecule has 0 fully saturated rings. The minimum atomic E-state index is 0.211. The second kappa shape index (κ2) is 3.41. The van der Waals surface area contributed by atoms with E-state index in [2.05, 4.69) is 28.7 Å². The second-order valence-corrected chi connectivity index (χ2v) is 2.51. The fourth-order valence-electron chi connectivity index (χ4n) is 0.0913. The normalized spacial score (nSPS) is 12.8. The minimum absolute atomic E-state index is 0.211. The van der Waals surface area contributed by atoms with Crippen molar-refractivity contribution in [1.82, 2.24) is 0 Å². The molecular formula is C4H6IN. The van der Waals surface area contributed by atoms with Crippen molar-refractivity contribution in [3.63, 3.8) is 0 Å². The van der Waals surface area contributed by atoms with Crippen LogP contribution in [0.25, 0.3) is 0 Å². The zero-order valence-corrected chi connectivity index (χ0v) is 5.77. The van der Waals surface area contributed by atoms with Crippen molar-refractivity contribution in [2.45, 2.75) is 17.3 Å². The van der Waals surface area contributed by atoms with Crippen molar-refractivity contribution >= 4 is 22.6 Å². The smallest absolute Gasteiger partial charge is 0.0975 e. The highest BCUT2D eigenvalue weighted by Crippen LogP contribution is 2.00. The topological polar surface area (TPSA) is 23.8 Å². The molecule has 0 radical (unpaired) electrons. The SMILES string of the molecule is CCC(I)C#N. The Morgan fingerprint density at radius 2 is 2.50 bits per heavy atom. The summed E-state index contributed by atoms with van der Waals surface area (Å²) in [5.41, 5.74) is 0. The van der Waals surface area contributed by atoms with E-state index in [-0.39, 0.29) is 3.92 Å². The Hall–Kier alpha value is 0.220. The summed E-state index contributed by atoms with van der Waals surface area (Å²) in [6.45, 7) is 2.00. The van der Waals surface area contributed by atoms with Crippen molar-refractivity contribution in [3.05, 3.63) is 0 Å². The van der Waals surface area contributed by atoms with Gasteiger partial charge < -0.3 is 0 Å². The van der Waals surface area contributed by atoms with Crippen LogP contribution in [0.3, 0.4) is 0 Å². The van der Waals surface area contributed by atoms with Gasteiger partial charge in [0.15, 0.2) is 0 Å². The monoisotopic (exact) mass is 195 g/mol. The molecule has 0 bridgehead atoms. The fraction of sp³-hybridized carbons (Fsp3) is 0.750. The predicted molar refractivity (Wildman–Crippen MR) is 33.7 cm³/mol. The first-order valence-electron chi connectivity index (χ1n) is 1.85. The molecule has 0 spiro atoms. The zero-order chi connectivity index (χ0) is 4.99. The lowest BCUT2D eigenvalue weighted by Gasteiger charge is -1.84. The molecule has 0 rings (SSSR count). The number of nitriles is 1. The standard InChI is InChI=1S/C4H6IN/c1-2-4(5)3-6/h4H,2H2,1H3. The Bertz CT molecular complexity index is 64.4. The molecule has 0 saturated heterocycles. The predicted octanol–water partition coefficient (Wildman–Crippen LogP) is 1.72. The van der Waals surface area contributed by atoms with Gasteiger partial charge in [0.05, 0.1) is 9.99 Å². The van der Waals surface area contributed by atoms with Gasteiger partial charge in [0.1, 0.15) is 0 Å². The maximum atomic E-state index is 8.08. The fourth-order valence-corrected chi connectivity index (χ4v) is 0.0913. The van der Waals surface area contributed by atoms with E-state index in [9.17, 15) is 0 Å². The molecule has 34 valence electrons. The Balaban J connectivity index is 3.04. The molecule has 6 heavy (non-hydrogen) atoms. The summed E-state index contributed by atoms with van der Waals surface area (Å²) >= 11 is 2.11. The second-order valence-electron chi connectivity index (χ2n) is 1.00. The van der Waals surface area contributed by atoms with Crippen LogP contribution in [0.15, 0.2) is 0 Å². The first kappa shape index (κ1) is 6.22. The largest absolute Gasteiger partial charge is 0.197 e. The summed E-state index contributed by atoms with van der Waals surface area (Å²) < 4.78 is 0.211. The molecule has 0 saturated carbocycles. The first-order chi connectivity index (χ1) is 2.81. The molecule has 0 aromatic carbocycles. The summed E-state index contributed by atoms with van der Waals surface area (Å²) in [6.07, 6.45) is 0.955. The van der Waals surface area contributed by atoms with Gasteiger partial charge in [-0.25, -0.2) is 0 Å². The highest BCUT2D eigenvalue weighted by Gasteiger charge is 1.91. The van der Waals surface area contributed by atoms with Gasteiger partial charge in [0.25, 0.3) is 0 Å². The lowest BCUT2D eigenvalue weighted by molar-refractivity contribution is 1.01. The van der Waals surface area contributed by atoms with E-state index < -0.39 is 0 Å². The van der Waals surface area contributed by atoms with Crippen molar-refractivity contribution in [1.29, 1.82) is 5.26 Å². The number of halogens is 1. The van der Waals surface area contributed by atoms with Crippen LogP contribution in [0.4, 0.5) is 0 Å². The van der Waals surface area contributed by atoms with Crippen LogP contribution < -0.4 is 0 Å². The number of hydrogen-bond acceptors (Lipinski definition) is 1. The van der Waals surface area contributed by atoms with Gasteiger partial charge in [-0.2, -0.15) is 5.26 Å². The molecule has 0 aromatic heterocycles. The van der Waals surface area contributed by atoms with E-state index in [4.69, 9.17) is 5.26 Å². The first-order valence-corrected chi connectivity index (χ1v) is 3.09. The van der Waals surface area contributed by atoms with Crippen LogP contribution in [-0.4, -0.2) is 3.92 Å². The number of nitrogens with zero attached hydrogens (tertiary/aromatic N) is 1. The summed E-state index contributed by atoms with van der Waals surface area (Å²) in [6, 6.07) is 2.10. The van der Waals surface area contributed by atoms with Gasteiger partial charge >= 0.3 is 0 Å². The van der Waals surface area contributed by atoms with Gasteiger partial charge in [-0.3, -0.25) is 0 Å². The Morgan fingerprint density at radius 3 is 2.50 bits per heavy atom. The summed E-state index contributed by atoms with van der Waals surface area (Å²) in [5, 5.41) is 8.08. The average Bonchev–Trinajstić information content (AvgIpc) is 1.65. The molecule has 1 unspecified atom stereocenters.